The van der Waals surface area contributed by atoms with Crippen LogP contribution in [0.3, 0.4) is 0 Å². The number of methoxy groups -OCH3 is 1. The average Bonchev–Trinajstić information content (AvgIpc) is 2.20. The maximum Gasteiger partial charge on any atom is 0.325 e. The highest BCUT2D eigenvalue weighted by molar-refractivity contribution is 6.32. The fourth-order valence-corrected chi connectivity index (χ4v) is 1.30. The van der Waals surface area contributed by atoms with E-state index < -0.39 is 12.0 Å². The minimum absolute atomic E-state index is 0.0163. The van der Waals surface area contributed by atoms with Crippen molar-refractivity contribution in [2.45, 2.75) is 6.04 Å². The van der Waals surface area contributed by atoms with E-state index in [9.17, 15) is 9.90 Å². The molecule has 0 spiro atoms. The van der Waals surface area contributed by atoms with Crippen LogP contribution in [0.15, 0.2) is 12.1 Å². The van der Waals surface area contributed by atoms with Gasteiger partial charge in [-0.15, -0.1) is 0 Å². The molecule has 0 heterocycles. The van der Waals surface area contributed by atoms with E-state index in [1.54, 1.807) is 0 Å². The summed E-state index contributed by atoms with van der Waals surface area (Å²) < 4.78 is 4.85. The van der Waals surface area contributed by atoms with Crippen LogP contribution in [-0.2, 0) is 4.79 Å². The summed E-state index contributed by atoms with van der Waals surface area (Å²) in [5.41, 5.74) is 5.57. The Labute approximate surface area is 91.0 Å². The van der Waals surface area contributed by atoms with Crippen LogP contribution >= 0.6 is 11.6 Å². The van der Waals surface area contributed by atoms with E-state index in [0.717, 1.165) is 0 Å². The second-order valence-electron chi connectivity index (χ2n) is 2.83. The monoisotopic (exact) mass is 231 g/mol. The molecule has 15 heavy (non-hydrogen) atoms. The Morgan fingerprint density at radius 3 is 2.67 bits per heavy atom. The van der Waals surface area contributed by atoms with Crippen molar-refractivity contribution in [1.82, 2.24) is 0 Å². The van der Waals surface area contributed by atoms with Gasteiger partial charge < -0.3 is 20.7 Å². The molecule has 1 unspecified atom stereocenters. The number of phenolic OH excluding ortho intramolecular Hbond substituents is 1. The van der Waals surface area contributed by atoms with Gasteiger partial charge in [-0.1, -0.05) is 17.7 Å². The van der Waals surface area contributed by atoms with Gasteiger partial charge in [0.1, 0.15) is 6.04 Å². The fourth-order valence-electron chi connectivity index (χ4n) is 1.16. The van der Waals surface area contributed by atoms with Gasteiger partial charge in [-0.25, -0.2) is 0 Å². The van der Waals surface area contributed by atoms with Gasteiger partial charge in [0.2, 0.25) is 0 Å². The van der Waals surface area contributed by atoms with Crippen molar-refractivity contribution in [3.8, 4) is 11.5 Å². The highest BCUT2D eigenvalue weighted by Crippen LogP contribution is 2.38. The SMILES string of the molecule is COc1c(C(N)C(=O)O)ccc(Cl)c1O. The molecule has 0 saturated carbocycles. The summed E-state index contributed by atoms with van der Waals surface area (Å²) in [5, 5.41) is 18.3. The van der Waals surface area contributed by atoms with E-state index in [-0.39, 0.29) is 22.1 Å². The Morgan fingerprint density at radius 1 is 1.60 bits per heavy atom. The molecule has 0 amide bonds. The van der Waals surface area contributed by atoms with Crippen molar-refractivity contribution in [3.63, 3.8) is 0 Å². The zero-order valence-electron chi connectivity index (χ0n) is 7.90. The number of ether oxygens (including phenoxy) is 1. The van der Waals surface area contributed by atoms with Crippen LogP contribution in [0.2, 0.25) is 5.02 Å². The zero-order chi connectivity index (χ0) is 11.6. The fraction of sp³-hybridized carbons (Fsp3) is 0.222. The van der Waals surface area contributed by atoms with Crippen LogP contribution in [0.4, 0.5) is 0 Å². The Kier molecular flexibility index (Phi) is 3.39. The maximum atomic E-state index is 10.7. The molecule has 0 aromatic heterocycles. The van der Waals surface area contributed by atoms with E-state index in [4.69, 9.17) is 27.2 Å². The molecule has 0 aliphatic heterocycles. The molecule has 1 aromatic carbocycles. The maximum absolute atomic E-state index is 10.7. The van der Waals surface area contributed by atoms with Gasteiger partial charge in [0.05, 0.1) is 12.1 Å². The quantitative estimate of drug-likeness (QED) is 0.725. The first kappa shape index (κ1) is 11.6. The van der Waals surface area contributed by atoms with E-state index >= 15 is 0 Å². The van der Waals surface area contributed by atoms with Gasteiger partial charge in [-0.3, -0.25) is 4.79 Å². The van der Waals surface area contributed by atoms with Gasteiger partial charge in [0, 0.05) is 5.56 Å². The summed E-state index contributed by atoms with van der Waals surface area (Å²) in [7, 11) is 1.30. The van der Waals surface area contributed by atoms with Crippen molar-refractivity contribution >= 4 is 17.6 Å². The molecule has 1 aromatic rings. The number of aliphatic carboxylic acids is 1. The smallest absolute Gasteiger partial charge is 0.325 e. The third-order valence-electron chi connectivity index (χ3n) is 1.92. The molecule has 0 fully saturated rings. The number of benzene rings is 1. The van der Waals surface area contributed by atoms with Crippen LogP contribution < -0.4 is 10.5 Å². The molecule has 0 aliphatic carbocycles. The molecule has 5 nitrogen and oxygen atoms in total. The highest BCUT2D eigenvalue weighted by atomic mass is 35.5. The Balaban J connectivity index is 3.30. The summed E-state index contributed by atoms with van der Waals surface area (Å²) in [5.74, 6) is -1.54. The molecule has 0 saturated heterocycles. The minimum Gasteiger partial charge on any atom is -0.503 e. The lowest BCUT2D eigenvalue weighted by molar-refractivity contribution is -0.138. The number of hydrogen-bond donors (Lipinski definition) is 3. The molecule has 6 heteroatoms. The Hall–Kier alpha value is -1.46. The zero-order valence-corrected chi connectivity index (χ0v) is 8.65. The van der Waals surface area contributed by atoms with E-state index in [1.807, 2.05) is 0 Å². The number of halogens is 1. The number of phenols is 1. The standard InChI is InChI=1S/C9H10ClNO4/c1-15-8-4(6(11)9(13)14)2-3-5(10)7(8)12/h2-3,6,12H,11H2,1H3,(H,13,14). The van der Waals surface area contributed by atoms with Gasteiger partial charge >= 0.3 is 5.97 Å². The summed E-state index contributed by atoms with van der Waals surface area (Å²) in [6, 6.07) is 1.50. The van der Waals surface area contributed by atoms with Crippen molar-refractivity contribution in [3.05, 3.63) is 22.7 Å². The Bertz CT molecular complexity index is 394. The highest BCUT2D eigenvalue weighted by Gasteiger charge is 2.22. The van der Waals surface area contributed by atoms with Crippen LogP contribution in [-0.4, -0.2) is 23.3 Å². The molecule has 0 aliphatic rings. The minimum atomic E-state index is -1.26. The van der Waals surface area contributed by atoms with E-state index in [0.29, 0.717) is 0 Å². The third kappa shape index (κ3) is 2.14. The summed E-state index contributed by atoms with van der Waals surface area (Å²) >= 11 is 5.63. The first-order valence-corrected chi connectivity index (χ1v) is 4.40. The van der Waals surface area contributed by atoms with Gasteiger partial charge in [0.15, 0.2) is 11.5 Å². The van der Waals surface area contributed by atoms with Crippen LogP contribution in [0.25, 0.3) is 0 Å². The second-order valence-corrected chi connectivity index (χ2v) is 3.24. The van der Waals surface area contributed by atoms with Gasteiger partial charge in [-0.05, 0) is 6.07 Å². The summed E-state index contributed by atoms with van der Waals surface area (Å²) in [6.07, 6.45) is 0. The lowest BCUT2D eigenvalue weighted by Gasteiger charge is -2.13. The topological polar surface area (TPSA) is 92.8 Å². The average molecular weight is 232 g/mol. The number of carboxylic acid groups (broad SMARTS) is 1. The van der Waals surface area contributed by atoms with Gasteiger partial charge in [-0.2, -0.15) is 0 Å². The normalized spacial score (nSPS) is 12.2. The molecule has 4 N–H and O–H groups in total. The molecule has 0 radical (unpaired) electrons. The number of hydrogen-bond acceptors (Lipinski definition) is 4. The number of aromatic hydroxyl groups is 1. The second kappa shape index (κ2) is 4.37. The van der Waals surface area contributed by atoms with E-state index in [2.05, 4.69) is 0 Å². The molecule has 1 rings (SSSR count). The van der Waals surface area contributed by atoms with Gasteiger partial charge in [0.25, 0.3) is 0 Å². The predicted octanol–water partition coefficient (Wildman–Crippen LogP) is 1.14. The first-order chi connectivity index (χ1) is 6.99. The molecule has 0 bridgehead atoms. The summed E-state index contributed by atoms with van der Waals surface area (Å²) in [4.78, 5) is 10.7. The lowest BCUT2D eigenvalue weighted by atomic mass is 10.1. The Morgan fingerprint density at radius 2 is 2.20 bits per heavy atom. The predicted molar refractivity (Wildman–Crippen MR) is 54.2 cm³/mol. The molecule has 82 valence electrons. The number of carboxylic acids is 1. The van der Waals surface area contributed by atoms with Crippen molar-refractivity contribution in [1.29, 1.82) is 0 Å². The first-order valence-electron chi connectivity index (χ1n) is 4.02. The third-order valence-corrected chi connectivity index (χ3v) is 2.22. The van der Waals surface area contributed by atoms with Crippen LogP contribution in [0.5, 0.6) is 11.5 Å². The lowest BCUT2D eigenvalue weighted by Crippen LogP contribution is -2.21. The number of rotatable bonds is 3. The number of nitrogens with two attached hydrogens (primary N) is 1. The van der Waals surface area contributed by atoms with Crippen molar-refractivity contribution in [2.75, 3.05) is 7.11 Å². The molecular formula is C9H10ClNO4. The largest absolute Gasteiger partial charge is 0.503 e. The molecular weight excluding hydrogens is 222 g/mol. The van der Waals surface area contributed by atoms with Crippen molar-refractivity contribution < 1.29 is 19.7 Å². The van der Waals surface area contributed by atoms with Crippen molar-refractivity contribution in [2.24, 2.45) is 5.73 Å². The van der Waals surface area contributed by atoms with Crippen LogP contribution in [0, 0.1) is 0 Å². The van der Waals surface area contributed by atoms with Crippen LogP contribution in [0.1, 0.15) is 11.6 Å². The molecule has 1 atom stereocenters. The number of carbonyl (C=O) groups is 1. The van der Waals surface area contributed by atoms with E-state index in [1.165, 1.54) is 19.2 Å². The summed E-state index contributed by atoms with van der Waals surface area (Å²) in [6.45, 7) is 0.